The molecule has 0 radical (unpaired) electrons. The van der Waals surface area contributed by atoms with Gasteiger partial charge in [0.25, 0.3) is 0 Å². The van der Waals surface area contributed by atoms with E-state index in [1.807, 2.05) is 6.92 Å². The standard InChI is InChI=1S/C14H26O2/c1-3-5-6-8-12-9-7-10-13(12)11-14(15)16-4-2/h12-13H,3-11H2,1-2H3/t12-,13-/m1/s1. The van der Waals surface area contributed by atoms with Crippen molar-refractivity contribution < 1.29 is 9.53 Å². The number of ether oxygens (including phenoxy) is 1. The molecule has 0 aromatic rings. The fraction of sp³-hybridized carbons (Fsp3) is 0.929. The third kappa shape index (κ3) is 4.54. The molecule has 0 saturated heterocycles. The van der Waals surface area contributed by atoms with E-state index in [1.54, 1.807) is 0 Å². The van der Waals surface area contributed by atoms with Crippen molar-refractivity contribution in [3.63, 3.8) is 0 Å². The molecular weight excluding hydrogens is 200 g/mol. The summed E-state index contributed by atoms with van der Waals surface area (Å²) in [4.78, 5) is 11.5. The van der Waals surface area contributed by atoms with Gasteiger partial charge in [0.2, 0.25) is 0 Å². The van der Waals surface area contributed by atoms with Crippen molar-refractivity contribution in [3.05, 3.63) is 0 Å². The first-order chi connectivity index (χ1) is 7.77. The summed E-state index contributed by atoms with van der Waals surface area (Å²) in [7, 11) is 0. The highest BCUT2D eigenvalue weighted by Gasteiger charge is 2.28. The number of carbonyl (C=O) groups excluding carboxylic acids is 1. The minimum absolute atomic E-state index is 0.00916. The van der Waals surface area contributed by atoms with Crippen LogP contribution in [0.4, 0.5) is 0 Å². The Bertz CT molecular complexity index is 201. The van der Waals surface area contributed by atoms with Gasteiger partial charge in [-0.05, 0) is 25.2 Å². The van der Waals surface area contributed by atoms with Crippen molar-refractivity contribution in [2.24, 2.45) is 11.8 Å². The Kier molecular flexibility index (Phi) is 6.51. The molecule has 94 valence electrons. The fourth-order valence-corrected chi connectivity index (χ4v) is 2.85. The predicted molar refractivity (Wildman–Crippen MR) is 66.2 cm³/mol. The van der Waals surface area contributed by atoms with Crippen LogP contribution in [0.1, 0.15) is 65.2 Å². The van der Waals surface area contributed by atoms with E-state index in [9.17, 15) is 4.79 Å². The first-order valence-electron chi connectivity index (χ1n) is 6.93. The molecule has 2 atom stereocenters. The van der Waals surface area contributed by atoms with Crippen LogP contribution in [0.3, 0.4) is 0 Å². The Morgan fingerprint density at radius 2 is 1.94 bits per heavy atom. The highest BCUT2D eigenvalue weighted by Crippen LogP contribution is 2.37. The normalized spacial score (nSPS) is 24.6. The summed E-state index contributed by atoms with van der Waals surface area (Å²) in [5, 5.41) is 0. The Labute approximate surface area is 99.8 Å². The number of hydrogen-bond acceptors (Lipinski definition) is 2. The summed E-state index contributed by atoms with van der Waals surface area (Å²) < 4.78 is 5.04. The molecule has 0 aliphatic heterocycles. The van der Waals surface area contributed by atoms with Crippen LogP contribution in [0.25, 0.3) is 0 Å². The summed E-state index contributed by atoms with van der Waals surface area (Å²) in [6.07, 6.45) is 9.80. The van der Waals surface area contributed by atoms with E-state index in [0.717, 1.165) is 5.92 Å². The van der Waals surface area contributed by atoms with E-state index in [-0.39, 0.29) is 5.97 Å². The van der Waals surface area contributed by atoms with Crippen LogP contribution in [-0.2, 0) is 9.53 Å². The zero-order chi connectivity index (χ0) is 11.8. The zero-order valence-electron chi connectivity index (χ0n) is 10.8. The van der Waals surface area contributed by atoms with Crippen molar-refractivity contribution in [2.75, 3.05) is 6.61 Å². The van der Waals surface area contributed by atoms with Crippen LogP contribution < -0.4 is 0 Å². The first-order valence-corrected chi connectivity index (χ1v) is 6.93. The van der Waals surface area contributed by atoms with Crippen LogP contribution in [0, 0.1) is 11.8 Å². The molecule has 0 heterocycles. The van der Waals surface area contributed by atoms with E-state index < -0.39 is 0 Å². The van der Waals surface area contributed by atoms with Crippen molar-refractivity contribution >= 4 is 5.97 Å². The van der Waals surface area contributed by atoms with Crippen LogP contribution >= 0.6 is 0 Å². The van der Waals surface area contributed by atoms with Crippen molar-refractivity contribution in [2.45, 2.75) is 65.2 Å². The van der Waals surface area contributed by atoms with Crippen LogP contribution in [-0.4, -0.2) is 12.6 Å². The molecule has 2 nitrogen and oxygen atoms in total. The Morgan fingerprint density at radius 3 is 2.62 bits per heavy atom. The number of rotatable bonds is 7. The van der Waals surface area contributed by atoms with E-state index in [1.165, 1.54) is 44.9 Å². The predicted octanol–water partition coefficient (Wildman–Crippen LogP) is 3.94. The highest BCUT2D eigenvalue weighted by molar-refractivity contribution is 5.69. The zero-order valence-corrected chi connectivity index (χ0v) is 10.8. The van der Waals surface area contributed by atoms with Crippen molar-refractivity contribution in [3.8, 4) is 0 Å². The SMILES string of the molecule is CCCCC[C@@H]1CCC[C@@H]1CC(=O)OCC. The monoisotopic (exact) mass is 226 g/mol. The maximum Gasteiger partial charge on any atom is 0.306 e. The lowest BCUT2D eigenvalue weighted by molar-refractivity contribution is -0.144. The third-order valence-corrected chi connectivity index (χ3v) is 3.73. The van der Waals surface area contributed by atoms with E-state index >= 15 is 0 Å². The van der Waals surface area contributed by atoms with Gasteiger partial charge in [0.05, 0.1) is 6.61 Å². The fourth-order valence-electron chi connectivity index (χ4n) is 2.85. The molecule has 1 aliphatic rings. The van der Waals surface area contributed by atoms with Gasteiger partial charge in [-0.25, -0.2) is 0 Å². The van der Waals surface area contributed by atoms with Crippen LogP contribution in [0.15, 0.2) is 0 Å². The molecule has 1 aliphatic carbocycles. The molecule has 1 saturated carbocycles. The number of unbranched alkanes of at least 4 members (excludes halogenated alkanes) is 2. The van der Waals surface area contributed by atoms with Gasteiger partial charge in [-0.1, -0.05) is 45.4 Å². The van der Waals surface area contributed by atoms with Gasteiger partial charge in [-0.3, -0.25) is 4.79 Å². The largest absolute Gasteiger partial charge is 0.466 e. The van der Waals surface area contributed by atoms with Gasteiger partial charge in [-0.2, -0.15) is 0 Å². The summed E-state index contributed by atoms with van der Waals surface area (Å²) >= 11 is 0. The average molecular weight is 226 g/mol. The number of carbonyl (C=O) groups is 1. The number of esters is 1. The maximum absolute atomic E-state index is 11.5. The molecule has 16 heavy (non-hydrogen) atoms. The third-order valence-electron chi connectivity index (χ3n) is 3.73. The molecule has 0 amide bonds. The Hall–Kier alpha value is -0.530. The number of hydrogen-bond donors (Lipinski definition) is 0. The first kappa shape index (κ1) is 13.5. The maximum atomic E-state index is 11.5. The lowest BCUT2D eigenvalue weighted by atomic mass is 9.88. The van der Waals surface area contributed by atoms with Crippen LogP contribution in [0.5, 0.6) is 0 Å². The van der Waals surface area contributed by atoms with Gasteiger partial charge < -0.3 is 4.74 Å². The second-order valence-corrected chi connectivity index (χ2v) is 4.96. The van der Waals surface area contributed by atoms with Gasteiger partial charge in [0, 0.05) is 6.42 Å². The summed E-state index contributed by atoms with van der Waals surface area (Å²) in [6, 6.07) is 0. The smallest absolute Gasteiger partial charge is 0.306 e. The van der Waals surface area contributed by atoms with E-state index in [4.69, 9.17) is 4.74 Å². The second-order valence-electron chi connectivity index (χ2n) is 4.96. The summed E-state index contributed by atoms with van der Waals surface area (Å²) in [5.74, 6) is 1.40. The topological polar surface area (TPSA) is 26.3 Å². The van der Waals surface area contributed by atoms with Crippen LogP contribution in [0.2, 0.25) is 0 Å². The Morgan fingerprint density at radius 1 is 1.19 bits per heavy atom. The highest BCUT2D eigenvalue weighted by atomic mass is 16.5. The van der Waals surface area contributed by atoms with Gasteiger partial charge >= 0.3 is 5.97 Å². The molecule has 0 unspecified atom stereocenters. The quantitative estimate of drug-likeness (QED) is 0.485. The van der Waals surface area contributed by atoms with Gasteiger partial charge in [0.15, 0.2) is 0 Å². The molecule has 1 rings (SSSR count). The Balaban J connectivity index is 2.25. The lowest BCUT2D eigenvalue weighted by Crippen LogP contribution is -2.15. The second kappa shape index (κ2) is 7.70. The average Bonchev–Trinajstić information content (AvgIpc) is 2.66. The molecule has 0 aromatic carbocycles. The molecule has 0 spiro atoms. The summed E-state index contributed by atoms with van der Waals surface area (Å²) in [5.41, 5.74) is 0. The van der Waals surface area contributed by atoms with Crippen molar-refractivity contribution in [1.29, 1.82) is 0 Å². The summed E-state index contributed by atoms with van der Waals surface area (Å²) in [6.45, 7) is 4.64. The van der Waals surface area contributed by atoms with Gasteiger partial charge in [-0.15, -0.1) is 0 Å². The van der Waals surface area contributed by atoms with Crippen molar-refractivity contribution in [1.82, 2.24) is 0 Å². The molecule has 0 N–H and O–H groups in total. The minimum atomic E-state index is 0.00916. The molecule has 0 bridgehead atoms. The van der Waals surface area contributed by atoms with E-state index in [0.29, 0.717) is 18.9 Å². The molecule has 2 heteroatoms. The minimum Gasteiger partial charge on any atom is -0.466 e. The molecule has 0 aromatic heterocycles. The molecular formula is C14H26O2. The molecule has 1 fully saturated rings. The van der Waals surface area contributed by atoms with E-state index in [2.05, 4.69) is 6.92 Å². The lowest BCUT2D eigenvalue weighted by Gasteiger charge is -2.18. The van der Waals surface area contributed by atoms with Gasteiger partial charge in [0.1, 0.15) is 0 Å².